The van der Waals surface area contributed by atoms with E-state index in [1.807, 2.05) is 0 Å². The first-order valence-electron chi connectivity index (χ1n) is 13.8. The first-order chi connectivity index (χ1) is 16.3. The van der Waals surface area contributed by atoms with E-state index >= 15 is 0 Å². The minimum absolute atomic E-state index is 0.453. The second-order valence-electron chi connectivity index (χ2n) is 10.3. The first kappa shape index (κ1) is 28.1. The molecule has 0 aromatic heterocycles. The van der Waals surface area contributed by atoms with Crippen LogP contribution in [-0.2, 0) is 6.42 Å². The average molecular weight is 466 g/mol. The molecule has 0 aliphatic heterocycles. The smallest absolute Gasteiger partial charge is 0.0370 e. The number of anilines is 3. The summed E-state index contributed by atoms with van der Waals surface area (Å²) in [4.78, 5) is 5.07. The van der Waals surface area contributed by atoms with Gasteiger partial charge in [-0.2, -0.15) is 0 Å². The molecule has 2 aromatic rings. The number of nitrogens with zero attached hydrogens (tertiary/aromatic N) is 2. The average Bonchev–Trinajstić information content (AvgIpc) is 2.84. The van der Waals surface area contributed by atoms with Gasteiger partial charge in [0.2, 0.25) is 0 Å². The second-order valence-corrected chi connectivity index (χ2v) is 10.3. The molecule has 0 amide bonds. The fraction of sp³-hybridized carbons (Fsp3) is 0.613. The second kappa shape index (κ2) is 14.3. The Bertz CT molecular complexity index is 717. The Morgan fingerprint density at radius 2 is 1.06 bits per heavy atom. The Morgan fingerprint density at radius 3 is 1.44 bits per heavy atom. The zero-order chi connectivity index (χ0) is 25.1. The Labute approximate surface area is 210 Å². The van der Waals surface area contributed by atoms with Crippen molar-refractivity contribution in [2.24, 2.45) is 5.92 Å². The molecule has 190 valence electrons. The van der Waals surface area contributed by atoms with Crippen LogP contribution < -0.4 is 15.1 Å². The molecule has 34 heavy (non-hydrogen) atoms. The molecule has 0 heterocycles. The summed E-state index contributed by atoms with van der Waals surface area (Å²) >= 11 is 0. The highest BCUT2D eigenvalue weighted by molar-refractivity contribution is 5.56. The van der Waals surface area contributed by atoms with E-state index in [2.05, 4.69) is 119 Å². The summed E-state index contributed by atoms with van der Waals surface area (Å²) in [6.45, 7) is 20.3. The summed E-state index contributed by atoms with van der Waals surface area (Å²) in [5.41, 5.74) is 5.32. The molecule has 2 rings (SSSR count). The Morgan fingerprint density at radius 1 is 0.618 bits per heavy atom. The van der Waals surface area contributed by atoms with Gasteiger partial charge in [0, 0.05) is 48.3 Å². The number of hydrogen-bond donors (Lipinski definition) is 1. The van der Waals surface area contributed by atoms with Crippen LogP contribution in [0, 0.1) is 5.92 Å². The van der Waals surface area contributed by atoms with Crippen molar-refractivity contribution in [2.75, 3.05) is 28.2 Å². The largest absolute Gasteiger partial charge is 0.382 e. The topological polar surface area (TPSA) is 18.5 Å². The van der Waals surface area contributed by atoms with Crippen LogP contribution in [0.25, 0.3) is 0 Å². The lowest BCUT2D eigenvalue weighted by Crippen LogP contribution is -2.41. The van der Waals surface area contributed by atoms with Crippen LogP contribution in [0.5, 0.6) is 0 Å². The van der Waals surface area contributed by atoms with Crippen molar-refractivity contribution in [3.63, 3.8) is 0 Å². The summed E-state index contributed by atoms with van der Waals surface area (Å²) in [5.74, 6) is 0.795. The Kier molecular flexibility index (Phi) is 11.8. The molecule has 3 nitrogen and oxygen atoms in total. The van der Waals surface area contributed by atoms with Gasteiger partial charge in [0.25, 0.3) is 0 Å². The molecule has 0 saturated carbocycles. The Balaban J connectivity index is 2.08. The molecular formula is C31H51N3. The van der Waals surface area contributed by atoms with Crippen molar-refractivity contribution in [3.05, 3.63) is 54.1 Å². The van der Waals surface area contributed by atoms with Gasteiger partial charge >= 0.3 is 0 Å². The Hall–Kier alpha value is -2.16. The van der Waals surface area contributed by atoms with Gasteiger partial charge in [-0.15, -0.1) is 0 Å². The SMILES string of the molecule is CCC(CC)Cc1ccc(N(CCN(c2ccc(NC(CC)CC)cc2)C(C)C)C(C)C)cc1. The van der Waals surface area contributed by atoms with Crippen LogP contribution in [0.2, 0.25) is 0 Å². The van der Waals surface area contributed by atoms with E-state index < -0.39 is 0 Å². The van der Waals surface area contributed by atoms with E-state index in [-0.39, 0.29) is 0 Å². The lowest BCUT2D eigenvalue weighted by atomic mass is 9.94. The van der Waals surface area contributed by atoms with Gasteiger partial charge in [-0.05, 0) is 94.8 Å². The van der Waals surface area contributed by atoms with Crippen LogP contribution in [0.1, 0.15) is 86.6 Å². The fourth-order valence-electron chi connectivity index (χ4n) is 4.80. The third kappa shape index (κ3) is 8.25. The summed E-state index contributed by atoms with van der Waals surface area (Å²) < 4.78 is 0. The van der Waals surface area contributed by atoms with Crippen LogP contribution in [-0.4, -0.2) is 31.2 Å². The van der Waals surface area contributed by atoms with Crippen LogP contribution >= 0.6 is 0 Å². The van der Waals surface area contributed by atoms with Gasteiger partial charge in [0.05, 0.1) is 0 Å². The van der Waals surface area contributed by atoms with Gasteiger partial charge in [-0.1, -0.05) is 52.7 Å². The minimum atomic E-state index is 0.453. The standard InChI is InChI=1S/C31H51N3/c1-9-26(10-2)23-27-13-17-30(18-14-27)33(24(5)6)21-22-34(25(7)8)31-19-15-29(16-20-31)32-28(11-3)12-4/h13-20,24-26,28,32H,9-12,21-23H2,1-8H3. The summed E-state index contributed by atoms with van der Waals surface area (Å²) in [7, 11) is 0. The van der Waals surface area contributed by atoms with Gasteiger partial charge < -0.3 is 15.1 Å². The quantitative estimate of drug-likeness (QED) is 0.285. The normalized spacial score (nSPS) is 11.6. The monoisotopic (exact) mass is 465 g/mol. The number of rotatable bonds is 15. The van der Waals surface area contributed by atoms with E-state index in [0.29, 0.717) is 18.1 Å². The molecule has 0 fully saturated rings. The van der Waals surface area contributed by atoms with Gasteiger partial charge in [-0.25, -0.2) is 0 Å². The van der Waals surface area contributed by atoms with Crippen molar-refractivity contribution >= 4 is 17.1 Å². The molecule has 0 unspecified atom stereocenters. The van der Waals surface area contributed by atoms with E-state index in [4.69, 9.17) is 0 Å². The van der Waals surface area contributed by atoms with E-state index in [1.54, 1.807) is 0 Å². The van der Waals surface area contributed by atoms with Crippen LogP contribution in [0.15, 0.2) is 48.5 Å². The summed E-state index contributed by atoms with van der Waals surface area (Å²) in [5, 5.41) is 3.66. The van der Waals surface area contributed by atoms with Crippen molar-refractivity contribution in [3.8, 4) is 0 Å². The third-order valence-corrected chi connectivity index (χ3v) is 7.33. The predicted octanol–water partition coefficient (Wildman–Crippen LogP) is 8.40. The number of benzene rings is 2. The van der Waals surface area contributed by atoms with Gasteiger partial charge in [0.15, 0.2) is 0 Å². The molecule has 3 heteroatoms. The van der Waals surface area contributed by atoms with Crippen molar-refractivity contribution in [1.82, 2.24) is 0 Å². The molecule has 0 aliphatic rings. The molecule has 0 bridgehead atoms. The molecule has 0 saturated heterocycles. The van der Waals surface area contributed by atoms with Gasteiger partial charge in [-0.3, -0.25) is 0 Å². The highest BCUT2D eigenvalue weighted by atomic mass is 15.2. The number of nitrogens with one attached hydrogen (secondary N) is 1. The first-order valence-corrected chi connectivity index (χ1v) is 13.8. The lowest BCUT2D eigenvalue weighted by molar-refractivity contribution is 0.490. The van der Waals surface area contributed by atoms with Crippen molar-refractivity contribution in [2.45, 2.75) is 106 Å². The highest BCUT2D eigenvalue weighted by Crippen LogP contribution is 2.24. The van der Waals surface area contributed by atoms with Crippen LogP contribution in [0.4, 0.5) is 17.1 Å². The maximum absolute atomic E-state index is 3.66. The van der Waals surface area contributed by atoms with E-state index in [1.165, 1.54) is 41.9 Å². The molecule has 0 atom stereocenters. The molecule has 2 aromatic carbocycles. The summed E-state index contributed by atoms with van der Waals surface area (Å²) in [6, 6.07) is 19.8. The van der Waals surface area contributed by atoms with Crippen LogP contribution in [0.3, 0.4) is 0 Å². The third-order valence-electron chi connectivity index (χ3n) is 7.33. The van der Waals surface area contributed by atoms with Gasteiger partial charge in [0.1, 0.15) is 0 Å². The molecule has 0 radical (unpaired) electrons. The van der Waals surface area contributed by atoms with Crippen molar-refractivity contribution in [1.29, 1.82) is 0 Å². The maximum atomic E-state index is 3.66. The van der Waals surface area contributed by atoms with E-state index in [9.17, 15) is 0 Å². The lowest BCUT2D eigenvalue weighted by Gasteiger charge is -2.35. The minimum Gasteiger partial charge on any atom is -0.382 e. The zero-order valence-corrected chi connectivity index (χ0v) is 23.3. The zero-order valence-electron chi connectivity index (χ0n) is 23.3. The summed E-state index contributed by atoms with van der Waals surface area (Å²) in [6.07, 6.45) is 6.02. The predicted molar refractivity (Wildman–Crippen MR) is 154 cm³/mol. The molecule has 0 spiro atoms. The highest BCUT2D eigenvalue weighted by Gasteiger charge is 2.16. The fourth-order valence-corrected chi connectivity index (χ4v) is 4.80. The van der Waals surface area contributed by atoms with E-state index in [0.717, 1.165) is 31.8 Å². The molecule has 0 aliphatic carbocycles. The number of hydrogen-bond acceptors (Lipinski definition) is 3. The molecule has 1 N–H and O–H groups in total. The maximum Gasteiger partial charge on any atom is 0.0370 e. The molecular weight excluding hydrogens is 414 g/mol. The van der Waals surface area contributed by atoms with Crippen molar-refractivity contribution < 1.29 is 0 Å².